The summed E-state index contributed by atoms with van der Waals surface area (Å²) in [6, 6.07) is 7.76. The van der Waals surface area contributed by atoms with E-state index < -0.39 is 0 Å². The molecule has 4 nitrogen and oxygen atoms in total. The number of rotatable bonds is 4. The summed E-state index contributed by atoms with van der Waals surface area (Å²) in [7, 11) is 0. The van der Waals surface area contributed by atoms with Crippen molar-refractivity contribution in [2.75, 3.05) is 0 Å². The quantitative estimate of drug-likeness (QED) is 0.872. The van der Waals surface area contributed by atoms with E-state index in [2.05, 4.69) is 9.97 Å². The minimum Gasteiger partial charge on any atom is -0.491 e. The third-order valence-electron chi connectivity index (χ3n) is 2.63. The lowest BCUT2D eigenvalue weighted by molar-refractivity contribution is 0.242. The molecule has 96 valence electrons. The Morgan fingerprint density at radius 1 is 1.28 bits per heavy atom. The summed E-state index contributed by atoms with van der Waals surface area (Å²) in [6.45, 7) is 5.85. The van der Waals surface area contributed by atoms with Crippen LogP contribution in [0, 0.1) is 6.92 Å². The molecular formula is C14H18N2O2. The van der Waals surface area contributed by atoms with E-state index in [1.54, 1.807) is 0 Å². The highest BCUT2D eigenvalue weighted by atomic mass is 16.5. The summed E-state index contributed by atoms with van der Waals surface area (Å²) >= 11 is 0. The Labute approximate surface area is 107 Å². The zero-order valence-electron chi connectivity index (χ0n) is 10.9. The first-order chi connectivity index (χ1) is 8.60. The molecule has 0 amide bonds. The van der Waals surface area contributed by atoms with Gasteiger partial charge in [-0.15, -0.1) is 0 Å². The minimum absolute atomic E-state index is 0.0448. The Balaban J connectivity index is 2.22. The normalized spacial score (nSPS) is 10.9. The van der Waals surface area contributed by atoms with Crippen LogP contribution in [0.3, 0.4) is 0 Å². The molecule has 0 saturated carbocycles. The molecule has 2 rings (SSSR count). The Hall–Kier alpha value is -1.81. The summed E-state index contributed by atoms with van der Waals surface area (Å²) < 4.78 is 5.58. The SMILES string of the molecule is Cc1[nH]c(-c2ccc(OC(C)C)cc2)nc1CO. The lowest BCUT2D eigenvalue weighted by Gasteiger charge is -2.09. The number of H-pyrrole nitrogens is 1. The number of ether oxygens (including phenoxy) is 1. The van der Waals surface area contributed by atoms with Crippen molar-refractivity contribution in [3.05, 3.63) is 35.7 Å². The molecule has 0 aliphatic heterocycles. The van der Waals surface area contributed by atoms with Crippen LogP contribution in [-0.4, -0.2) is 21.2 Å². The van der Waals surface area contributed by atoms with Crippen molar-refractivity contribution < 1.29 is 9.84 Å². The smallest absolute Gasteiger partial charge is 0.137 e. The van der Waals surface area contributed by atoms with Gasteiger partial charge in [0.15, 0.2) is 0 Å². The van der Waals surface area contributed by atoms with Crippen LogP contribution in [0.25, 0.3) is 11.4 Å². The lowest BCUT2D eigenvalue weighted by Crippen LogP contribution is -2.05. The van der Waals surface area contributed by atoms with Gasteiger partial charge < -0.3 is 14.8 Å². The molecule has 1 heterocycles. The summed E-state index contributed by atoms with van der Waals surface area (Å²) in [5.74, 6) is 1.62. The summed E-state index contributed by atoms with van der Waals surface area (Å²) in [5.41, 5.74) is 2.57. The van der Waals surface area contributed by atoms with Crippen LogP contribution in [0.5, 0.6) is 5.75 Å². The summed E-state index contributed by atoms with van der Waals surface area (Å²) in [4.78, 5) is 7.50. The van der Waals surface area contributed by atoms with Crippen LogP contribution in [0.4, 0.5) is 0 Å². The number of benzene rings is 1. The van der Waals surface area contributed by atoms with Gasteiger partial charge in [-0.05, 0) is 45.0 Å². The van der Waals surface area contributed by atoms with E-state index in [0.29, 0.717) is 5.69 Å². The van der Waals surface area contributed by atoms with Gasteiger partial charge in [0.1, 0.15) is 11.6 Å². The minimum atomic E-state index is -0.0448. The maximum atomic E-state index is 9.12. The van der Waals surface area contributed by atoms with Crippen LogP contribution in [-0.2, 0) is 6.61 Å². The zero-order chi connectivity index (χ0) is 13.1. The number of nitrogens with zero attached hydrogens (tertiary/aromatic N) is 1. The van der Waals surface area contributed by atoms with Gasteiger partial charge >= 0.3 is 0 Å². The molecule has 0 unspecified atom stereocenters. The van der Waals surface area contributed by atoms with Crippen molar-refractivity contribution >= 4 is 0 Å². The van der Waals surface area contributed by atoms with Crippen molar-refractivity contribution in [2.45, 2.75) is 33.5 Å². The van der Waals surface area contributed by atoms with Gasteiger partial charge in [0.05, 0.1) is 18.4 Å². The fourth-order valence-corrected chi connectivity index (χ4v) is 1.75. The first-order valence-corrected chi connectivity index (χ1v) is 6.03. The standard InChI is InChI=1S/C14H18N2O2/c1-9(2)18-12-6-4-11(5-7-12)14-15-10(3)13(8-17)16-14/h4-7,9,17H,8H2,1-3H3,(H,15,16). The number of aliphatic hydroxyl groups excluding tert-OH is 1. The predicted octanol–water partition coefficient (Wildman–Crippen LogP) is 2.66. The maximum Gasteiger partial charge on any atom is 0.137 e. The average Bonchev–Trinajstić information content (AvgIpc) is 2.71. The molecule has 0 radical (unpaired) electrons. The molecule has 0 spiro atoms. The fraction of sp³-hybridized carbons (Fsp3) is 0.357. The average molecular weight is 246 g/mol. The highest BCUT2D eigenvalue weighted by Gasteiger charge is 2.07. The van der Waals surface area contributed by atoms with E-state index in [1.165, 1.54) is 0 Å². The molecule has 0 atom stereocenters. The number of hydrogen-bond donors (Lipinski definition) is 2. The molecule has 4 heteroatoms. The fourth-order valence-electron chi connectivity index (χ4n) is 1.75. The van der Waals surface area contributed by atoms with E-state index >= 15 is 0 Å². The Kier molecular flexibility index (Phi) is 3.67. The molecular weight excluding hydrogens is 228 g/mol. The number of aromatic amines is 1. The van der Waals surface area contributed by atoms with Crippen LogP contribution >= 0.6 is 0 Å². The van der Waals surface area contributed by atoms with E-state index in [4.69, 9.17) is 9.84 Å². The Morgan fingerprint density at radius 2 is 1.94 bits per heavy atom. The van der Waals surface area contributed by atoms with Crippen LogP contribution in [0.1, 0.15) is 25.2 Å². The number of nitrogens with one attached hydrogen (secondary N) is 1. The topological polar surface area (TPSA) is 58.1 Å². The highest BCUT2D eigenvalue weighted by molar-refractivity contribution is 5.57. The van der Waals surface area contributed by atoms with Crippen molar-refractivity contribution in [3.8, 4) is 17.1 Å². The second-order valence-corrected chi connectivity index (χ2v) is 4.51. The number of hydrogen-bond acceptors (Lipinski definition) is 3. The molecule has 18 heavy (non-hydrogen) atoms. The van der Waals surface area contributed by atoms with Crippen molar-refractivity contribution in [3.63, 3.8) is 0 Å². The highest BCUT2D eigenvalue weighted by Crippen LogP contribution is 2.21. The second-order valence-electron chi connectivity index (χ2n) is 4.51. The van der Waals surface area contributed by atoms with Crippen LogP contribution in [0.15, 0.2) is 24.3 Å². The van der Waals surface area contributed by atoms with Gasteiger partial charge in [-0.2, -0.15) is 0 Å². The molecule has 0 fully saturated rings. The van der Waals surface area contributed by atoms with Crippen molar-refractivity contribution in [1.82, 2.24) is 9.97 Å². The summed E-state index contributed by atoms with van der Waals surface area (Å²) in [6.07, 6.45) is 0.169. The molecule has 1 aromatic heterocycles. The van der Waals surface area contributed by atoms with Crippen molar-refractivity contribution in [1.29, 1.82) is 0 Å². The second kappa shape index (κ2) is 5.23. The first-order valence-electron chi connectivity index (χ1n) is 6.03. The van der Waals surface area contributed by atoms with E-state index in [1.807, 2.05) is 45.0 Å². The molecule has 0 aliphatic carbocycles. The van der Waals surface area contributed by atoms with Gasteiger partial charge in [-0.3, -0.25) is 0 Å². The van der Waals surface area contributed by atoms with E-state index in [-0.39, 0.29) is 12.7 Å². The predicted molar refractivity (Wildman–Crippen MR) is 70.4 cm³/mol. The largest absolute Gasteiger partial charge is 0.491 e. The number of aromatic nitrogens is 2. The summed E-state index contributed by atoms with van der Waals surface area (Å²) in [5, 5.41) is 9.12. The molecule has 1 aromatic carbocycles. The molecule has 0 saturated heterocycles. The number of imidazole rings is 1. The Bertz CT molecular complexity index is 515. The zero-order valence-corrected chi connectivity index (χ0v) is 10.9. The third kappa shape index (κ3) is 2.71. The van der Waals surface area contributed by atoms with Crippen LogP contribution < -0.4 is 4.74 Å². The van der Waals surface area contributed by atoms with Gasteiger partial charge in [-0.25, -0.2) is 4.98 Å². The number of aryl methyl sites for hydroxylation is 1. The van der Waals surface area contributed by atoms with Gasteiger partial charge in [0.2, 0.25) is 0 Å². The van der Waals surface area contributed by atoms with Gasteiger partial charge in [-0.1, -0.05) is 0 Å². The molecule has 0 aliphatic rings. The van der Waals surface area contributed by atoms with Crippen LogP contribution in [0.2, 0.25) is 0 Å². The maximum absolute atomic E-state index is 9.12. The Morgan fingerprint density at radius 3 is 2.44 bits per heavy atom. The molecule has 0 bridgehead atoms. The van der Waals surface area contributed by atoms with Gasteiger partial charge in [0.25, 0.3) is 0 Å². The third-order valence-corrected chi connectivity index (χ3v) is 2.63. The van der Waals surface area contributed by atoms with Crippen molar-refractivity contribution in [2.24, 2.45) is 0 Å². The molecule has 2 aromatic rings. The monoisotopic (exact) mass is 246 g/mol. The molecule has 2 N–H and O–H groups in total. The number of aliphatic hydroxyl groups is 1. The van der Waals surface area contributed by atoms with E-state index in [0.717, 1.165) is 22.8 Å². The lowest BCUT2D eigenvalue weighted by atomic mass is 10.2. The van der Waals surface area contributed by atoms with Gasteiger partial charge in [0, 0.05) is 11.3 Å². The first kappa shape index (κ1) is 12.6. The van der Waals surface area contributed by atoms with E-state index in [9.17, 15) is 0 Å².